The van der Waals surface area contributed by atoms with Gasteiger partial charge in [0.15, 0.2) is 11.6 Å². The van der Waals surface area contributed by atoms with E-state index in [2.05, 4.69) is 24.9 Å². The number of nitrogens with zero attached hydrogens (tertiary/aromatic N) is 6. The molecule has 0 atom stereocenters. The molecule has 0 aliphatic rings. The molecule has 0 saturated carbocycles. The molecule has 13 nitrogen and oxygen atoms in total. The zero-order chi connectivity index (χ0) is 25.5. The number of methoxy groups -OCH3 is 3. The summed E-state index contributed by atoms with van der Waals surface area (Å²) in [6.45, 7) is 0. The van der Waals surface area contributed by atoms with Crippen molar-refractivity contribution in [2.24, 2.45) is 0 Å². The molecule has 0 spiro atoms. The van der Waals surface area contributed by atoms with E-state index < -0.39 is 23.6 Å². The summed E-state index contributed by atoms with van der Waals surface area (Å²) in [4.78, 5) is 30.0. The van der Waals surface area contributed by atoms with E-state index >= 15 is 0 Å². The molecule has 0 fully saturated rings. The van der Waals surface area contributed by atoms with Gasteiger partial charge in [0, 0.05) is 0 Å². The largest absolute Gasteiger partial charge is 1.00 e. The van der Waals surface area contributed by atoms with Gasteiger partial charge in [-0.1, -0.05) is 0 Å². The van der Waals surface area contributed by atoms with Crippen LogP contribution in [0.4, 0.5) is 8.78 Å². The van der Waals surface area contributed by atoms with Crippen molar-refractivity contribution >= 4 is 11.9 Å². The molecule has 0 saturated heterocycles. The van der Waals surface area contributed by atoms with E-state index in [9.17, 15) is 18.4 Å². The predicted octanol–water partition coefficient (Wildman–Crippen LogP) is -0.858. The van der Waals surface area contributed by atoms with Crippen LogP contribution in [0.2, 0.25) is 0 Å². The van der Waals surface area contributed by atoms with Gasteiger partial charge in [0.2, 0.25) is 11.8 Å². The Bertz CT molecular complexity index is 1330. The number of ether oxygens (including phenoxy) is 3. The fourth-order valence-corrected chi connectivity index (χ4v) is 2.78. The van der Waals surface area contributed by atoms with Gasteiger partial charge < -0.3 is 24.8 Å². The van der Waals surface area contributed by atoms with Crippen LogP contribution in [0.1, 0.15) is 20.7 Å². The first kappa shape index (κ1) is 31.1. The van der Waals surface area contributed by atoms with E-state index in [4.69, 9.17) is 14.6 Å². The average molecular weight is 528 g/mol. The molecule has 0 amide bonds. The van der Waals surface area contributed by atoms with Crippen molar-refractivity contribution in [2.75, 3.05) is 21.3 Å². The van der Waals surface area contributed by atoms with Gasteiger partial charge in [-0.3, -0.25) is 0 Å². The molecule has 0 bridgehead atoms. The van der Waals surface area contributed by atoms with Gasteiger partial charge in [-0.25, -0.2) is 28.3 Å². The summed E-state index contributed by atoms with van der Waals surface area (Å²) < 4.78 is 42.6. The molecule has 4 rings (SSSR count). The minimum Gasteiger partial charge on any atom is -0.870 e. The Labute approximate surface area is 230 Å². The predicted molar refractivity (Wildman–Crippen MR) is 116 cm³/mol. The van der Waals surface area contributed by atoms with Crippen molar-refractivity contribution in [1.82, 2.24) is 29.5 Å². The molecule has 4 aromatic heterocycles. The van der Waals surface area contributed by atoms with Crippen LogP contribution in [0.25, 0.3) is 11.6 Å². The number of pyridine rings is 2. The Morgan fingerprint density at radius 3 is 1.57 bits per heavy atom. The van der Waals surface area contributed by atoms with Gasteiger partial charge in [-0.2, -0.15) is 19.6 Å². The molecular weight excluding hydrogens is 509 g/mol. The third-order valence-electron chi connectivity index (χ3n) is 4.33. The monoisotopic (exact) mass is 528 g/mol. The summed E-state index contributed by atoms with van der Waals surface area (Å²) in [5.41, 5.74) is 0.0877. The Morgan fingerprint density at radius 2 is 1.22 bits per heavy atom. The third kappa shape index (κ3) is 7.07. The van der Waals surface area contributed by atoms with Crippen LogP contribution < -0.4 is 39.0 Å². The van der Waals surface area contributed by atoms with Crippen molar-refractivity contribution in [3.63, 3.8) is 0 Å². The minimum absolute atomic E-state index is 0. The van der Waals surface area contributed by atoms with Crippen molar-refractivity contribution in [3.8, 4) is 23.4 Å². The number of hydrogen-bond acceptors (Lipinski definition) is 10. The summed E-state index contributed by atoms with van der Waals surface area (Å²) in [5.74, 6) is -1.84. The molecular formula is C21H19F2N6NaO7. The maximum atomic E-state index is 12.8. The molecule has 0 radical (unpaired) electrons. The maximum Gasteiger partial charge on any atom is 1.00 e. The van der Waals surface area contributed by atoms with E-state index in [0.29, 0.717) is 5.82 Å². The van der Waals surface area contributed by atoms with E-state index in [1.165, 1.54) is 61.2 Å². The second kappa shape index (κ2) is 14.0. The minimum atomic E-state index is -1.16. The average Bonchev–Trinajstić information content (AvgIpc) is 3.49. The molecule has 190 valence electrons. The number of aromatic carboxylic acids is 1. The SMILES string of the molecule is COC(=O)c1cnn(-c2ccc(F)cn2)c1OC.COc1c(C(=O)O)cnn1-c1ccc(F)cn1.[Na+].[OH-]. The van der Waals surface area contributed by atoms with Crippen LogP contribution in [0, 0.1) is 11.6 Å². The molecule has 0 unspecified atom stereocenters. The quantitative estimate of drug-likeness (QED) is 0.244. The number of carboxylic acids is 1. The summed E-state index contributed by atoms with van der Waals surface area (Å²) in [7, 11) is 3.97. The Kier molecular flexibility index (Phi) is 11.8. The molecule has 0 aliphatic carbocycles. The number of aromatic nitrogens is 6. The summed E-state index contributed by atoms with van der Waals surface area (Å²) in [6.07, 6.45) is 4.51. The second-order valence-electron chi connectivity index (χ2n) is 6.42. The first-order chi connectivity index (χ1) is 16.8. The number of carboxylic acid groups (broad SMARTS) is 1. The van der Waals surface area contributed by atoms with Crippen LogP contribution in [0.3, 0.4) is 0 Å². The standard InChI is InChI=1S/C11H10FN3O3.C10H8FN3O3.Na.H2O/c1-17-10-8(11(16)18-2)6-14-15(10)9-4-3-7(12)5-13-9;1-17-9-7(10(15)16)5-13-14(9)8-3-2-6(11)4-12-8;;/h3-6H,1-2H3;2-5H,1H3,(H,15,16);;1H2/q;;+1;/p-1. The van der Waals surface area contributed by atoms with Gasteiger partial charge in [0.1, 0.15) is 22.8 Å². The van der Waals surface area contributed by atoms with Gasteiger partial charge in [0.05, 0.1) is 46.1 Å². The van der Waals surface area contributed by atoms with Crippen molar-refractivity contribution in [1.29, 1.82) is 0 Å². The number of rotatable bonds is 6. The molecule has 2 N–H and O–H groups in total. The first-order valence-corrected chi connectivity index (χ1v) is 9.60. The number of esters is 1. The van der Waals surface area contributed by atoms with Crippen LogP contribution in [-0.2, 0) is 4.74 Å². The first-order valence-electron chi connectivity index (χ1n) is 9.60. The smallest absolute Gasteiger partial charge is 0.870 e. The van der Waals surface area contributed by atoms with Gasteiger partial charge >= 0.3 is 41.5 Å². The summed E-state index contributed by atoms with van der Waals surface area (Å²) >= 11 is 0. The van der Waals surface area contributed by atoms with Crippen molar-refractivity contribution in [3.05, 3.63) is 71.8 Å². The molecule has 0 aromatic carbocycles. The molecule has 16 heteroatoms. The van der Waals surface area contributed by atoms with Crippen LogP contribution in [-0.4, -0.2) is 73.4 Å². The molecule has 0 aliphatic heterocycles. The number of carbonyl (C=O) groups is 2. The van der Waals surface area contributed by atoms with E-state index in [1.807, 2.05) is 0 Å². The summed E-state index contributed by atoms with van der Waals surface area (Å²) in [6, 6.07) is 5.23. The van der Waals surface area contributed by atoms with Gasteiger partial charge in [0.25, 0.3) is 0 Å². The summed E-state index contributed by atoms with van der Waals surface area (Å²) in [5, 5.41) is 16.7. The zero-order valence-electron chi connectivity index (χ0n) is 20.0. The van der Waals surface area contributed by atoms with E-state index in [-0.39, 0.29) is 63.7 Å². The third-order valence-corrected chi connectivity index (χ3v) is 4.33. The Hall–Kier alpha value is -3.92. The fourth-order valence-electron chi connectivity index (χ4n) is 2.78. The molecule has 4 aromatic rings. The number of hydrogen-bond donors (Lipinski definition) is 1. The molecule has 4 heterocycles. The fraction of sp³-hybridized carbons (Fsp3) is 0.143. The Morgan fingerprint density at radius 1 is 0.784 bits per heavy atom. The van der Waals surface area contributed by atoms with Crippen molar-refractivity contribution < 1.29 is 72.7 Å². The van der Waals surface area contributed by atoms with Gasteiger partial charge in [-0.15, -0.1) is 0 Å². The number of carbonyl (C=O) groups excluding carboxylic acids is 1. The zero-order valence-corrected chi connectivity index (χ0v) is 22.0. The second-order valence-corrected chi connectivity index (χ2v) is 6.42. The van der Waals surface area contributed by atoms with E-state index in [0.717, 1.165) is 18.6 Å². The van der Waals surface area contributed by atoms with Crippen LogP contribution in [0.15, 0.2) is 49.1 Å². The maximum absolute atomic E-state index is 12.8. The molecule has 37 heavy (non-hydrogen) atoms. The van der Waals surface area contributed by atoms with Crippen LogP contribution >= 0.6 is 0 Å². The number of halogens is 2. The van der Waals surface area contributed by atoms with Gasteiger partial charge in [-0.05, 0) is 24.3 Å². The van der Waals surface area contributed by atoms with Crippen LogP contribution in [0.5, 0.6) is 11.8 Å². The normalized spacial score (nSPS) is 9.65. The Balaban J connectivity index is 0.000000351. The van der Waals surface area contributed by atoms with Crippen molar-refractivity contribution in [2.45, 2.75) is 0 Å². The topological polar surface area (TPSA) is 173 Å². The van der Waals surface area contributed by atoms with E-state index in [1.54, 1.807) is 0 Å².